The molecule has 0 bridgehead atoms. The van der Waals surface area contributed by atoms with Crippen LogP contribution in [-0.2, 0) is 16.1 Å². The first kappa shape index (κ1) is 19.1. The molecular weight excluding hydrogens is 328 g/mol. The minimum Gasteiger partial charge on any atom is -0.478 e. The molecule has 1 aromatic heterocycles. The van der Waals surface area contributed by atoms with Crippen LogP contribution in [0.1, 0.15) is 16.7 Å². The molecule has 0 aliphatic rings. The van der Waals surface area contributed by atoms with Gasteiger partial charge in [-0.3, -0.25) is 9.78 Å². The van der Waals surface area contributed by atoms with Crippen LogP contribution in [0.4, 0.5) is 0 Å². The lowest BCUT2D eigenvalue weighted by atomic mass is 10.1. The molecule has 2 rings (SSSR count). The molecule has 24 heavy (non-hydrogen) atoms. The Morgan fingerprint density at radius 2 is 1.67 bits per heavy atom. The summed E-state index contributed by atoms with van der Waals surface area (Å²) < 4.78 is 0. The van der Waals surface area contributed by atoms with Crippen LogP contribution in [0.5, 0.6) is 0 Å². The number of rotatable bonds is 6. The lowest BCUT2D eigenvalue weighted by molar-refractivity contribution is -0.131. The van der Waals surface area contributed by atoms with Crippen molar-refractivity contribution in [3.8, 4) is 0 Å². The van der Waals surface area contributed by atoms with E-state index in [1.807, 2.05) is 24.3 Å². The highest BCUT2D eigenvalue weighted by Crippen LogP contribution is 2.07. The highest BCUT2D eigenvalue weighted by atomic mass is 35.5. The van der Waals surface area contributed by atoms with Gasteiger partial charge in [-0.25, -0.2) is 4.79 Å². The quantitative estimate of drug-likeness (QED) is 0.790. The van der Waals surface area contributed by atoms with Gasteiger partial charge < -0.3 is 10.4 Å². The molecule has 0 aliphatic heterocycles. The molecule has 0 atom stereocenters. The van der Waals surface area contributed by atoms with Crippen LogP contribution in [0.2, 0.25) is 0 Å². The molecule has 1 amide bonds. The van der Waals surface area contributed by atoms with Crippen molar-refractivity contribution in [1.82, 2.24) is 10.3 Å². The lowest BCUT2D eigenvalue weighted by Gasteiger charge is -2.01. The first-order chi connectivity index (χ1) is 11.1. The molecule has 0 radical (unpaired) electrons. The van der Waals surface area contributed by atoms with E-state index in [1.54, 1.807) is 30.6 Å². The third-order valence-corrected chi connectivity index (χ3v) is 2.97. The maximum absolute atomic E-state index is 11.7. The van der Waals surface area contributed by atoms with Gasteiger partial charge in [0.15, 0.2) is 0 Å². The largest absolute Gasteiger partial charge is 0.478 e. The summed E-state index contributed by atoms with van der Waals surface area (Å²) in [7, 11) is 0. The van der Waals surface area contributed by atoms with E-state index in [-0.39, 0.29) is 18.3 Å². The van der Waals surface area contributed by atoms with Crippen LogP contribution in [0, 0.1) is 0 Å². The molecule has 0 fully saturated rings. The number of hydrogen-bond donors (Lipinski definition) is 2. The van der Waals surface area contributed by atoms with Crippen LogP contribution in [0.15, 0.2) is 60.9 Å². The van der Waals surface area contributed by atoms with Gasteiger partial charge in [0.2, 0.25) is 5.91 Å². The third kappa shape index (κ3) is 6.89. The molecule has 0 unspecified atom stereocenters. The average molecular weight is 345 g/mol. The minimum atomic E-state index is -0.987. The van der Waals surface area contributed by atoms with Crippen molar-refractivity contribution < 1.29 is 14.7 Å². The summed E-state index contributed by atoms with van der Waals surface area (Å²) >= 11 is 0. The summed E-state index contributed by atoms with van der Waals surface area (Å²) in [6.07, 6.45) is 9.13. The van der Waals surface area contributed by atoms with E-state index < -0.39 is 5.97 Å². The molecule has 6 heteroatoms. The smallest absolute Gasteiger partial charge is 0.328 e. The summed E-state index contributed by atoms with van der Waals surface area (Å²) in [6.45, 7) is 0.427. The average Bonchev–Trinajstić information content (AvgIpc) is 2.58. The highest BCUT2D eigenvalue weighted by molar-refractivity contribution is 5.91. The molecular formula is C18H17ClN2O3. The number of amides is 1. The number of nitrogens with one attached hydrogen (secondary N) is 1. The minimum absolute atomic E-state index is 0. The predicted octanol–water partition coefficient (Wildman–Crippen LogP) is 2.93. The second-order valence-corrected chi connectivity index (χ2v) is 4.75. The molecule has 0 spiro atoms. The van der Waals surface area contributed by atoms with Gasteiger partial charge in [-0.05, 0) is 34.9 Å². The van der Waals surface area contributed by atoms with Gasteiger partial charge in [0.25, 0.3) is 0 Å². The Balaban J connectivity index is 0.00000288. The molecule has 0 saturated heterocycles. The number of carboxylic acid groups (broad SMARTS) is 1. The first-order valence-electron chi connectivity index (χ1n) is 6.99. The van der Waals surface area contributed by atoms with E-state index in [0.29, 0.717) is 6.54 Å². The lowest BCUT2D eigenvalue weighted by Crippen LogP contribution is -2.20. The monoisotopic (exact) mass is 344 g/mol. The second-order valence-electron chi connectivity index (χ2n) is 4.75. The maximum atomic E-state index is 11.7. The second kappa shape index (κ2) is 9.97. The van der Waals surface area contributed by atoms with Crippen LogP contribution in [0.3, 0.4) is 0 Å². The molecule has 5 nitrogen and oxygen atoms in total. The van der Waals surface area contributed by atoms with E-state index in [9.17, 15) is 9.59 Å². The number of aliphatic carboxylic acids is 1. The van der Waals surface area contributed by atoms with Crippen LogP contribution in [0.25, 0.3) is 12.2 Å². The maximum Gasteiger partial charge on any atom is 0.328 e. The van der Waals surface area contributed by atoms with Gasteiger partial charge in [-0.15, -0.1) is 12.4 Å². The number of carbonyl (C=O) groups excluding carboxylic acids is 1. The molecule has 2 aromatic rings. The van der Waals surface area contributed by atoms with Crippen LogP contribution in [-0.4, -0.2) is 22.0 Å². The van der Waals surface area contributed by atoms with Gasteiger partial charge in [0.05, 0.1) is 0 Å². The fourth-order valence-electron chi connectivity index (χ4n) is 1.81. The fourth-order valence-corrected chi connectivity index (χ4v) is 1.81. The summed E-state index contributed by atoms with van der Waals surface area (Å²) in [4.78, 5) is 26.2. The molecule has 0 aliphatic carbocycles. The van der Waals surface area contributed by atoms with Gasteiger partial charge in [0.1, 0.15) is 0 Å². The Kier molecular flexibility index (Phi) is 7.94. The van der Waals surface area contributed by atoms with Gasteiger partial charge >= 0.3 is 5.97 Å². The van der Waals surface area contributed by atoms with E-state index in [1.165, 1.54) is 12.2 Å². The number of aromatic nitrogens is 1. The van der Waals surface area contributed by atoms with Crippen molar-refractivity contribution in [2.75, 3.05) is 0 Å². The zero-order valence-corrected chi connectivity index (χ0v) is 13.6. The van der Waals surface area contributed by atoms with Gasteiger partial charge in [-0.1, -0.05) is 30.3 Å². The van der Waals surface area contributed by atoms with E-state index in [2.05, 4.69) is 10.3 Å². The third-order valence-electron chi connectivity index (χ3n) is 2.97. The molecule has 1 aromatic carbocycles. The highest BCUT2D eigenvalue weighted by Gasteiger charge is 1.97. The van der Waals surface area contributed by atoms with Crippen molar-refractivity contribution >= 4 is 36.4 Å². The fraction of sp³-hybridized carbons (Fsp3) is 0.0556. The number of halogens is 1. The summed E-state index contributed by atoms with van der Waals surface area (Å²) in [5, 5.41) is 11.3. The van der Waals surface area contributed by atoms with Gasteiger partial charge in [0, 0.05) is 31.1 Å². The number of nitrogens with zero attached hydrogens (tertiary/aromatic N) is 1. The topological polar surface area (TPSA) is 79.3 Å². The Hall–Kier alpha value is -2.92. The number of hydrogen-bond acceptors (Lipinski definition) is 3. The van der Waals surface area contributed by atoms with E-state index in [4.69, 9.17) is 5.11 Å². The standard InChI is InChI=1S/C18H16N2O3.ClH/c21-17(20-13-16-2-1-11-19-12-16)9-7-14-3-5-15(6-4-14)8-10-18(22)23;/h1-12H,13H2,(H,20,21)(H,22,23);1H/b9-7+,10-8+;. The summed E-state index contributed by atoms with van der Waals surface area (Å²) in [5.74, 6) is -1.18. The SMILES string of the molecule is Cl.O=C(O)/C=C/c1ccc(/C=C/C(=O)NCc2cccnc2)cc1. The van der Waals surface area contributed by atoms with Gasteiger partial charge in [-0.2, -0.15) is 0 Å². The van der Waals surface area contributed by atoms with Crippen LogP contribution >= 0.6 is 12.4 Å². The predicted molar refractivity (Wildman–Crippen MR) is 95.5 cm³/mol. The zero-order chi connectivity index (χ0) is 16.5. The molecule has 124 valence electrons. The normalized spacial score (nSPS) is 10.5. The van der Waals surface area contributed by atoms with Crippen molar-refractivity contribution in [3.05, 3.63) is 77.6 Å². The molecule has 1 heterocycles. The number of benzene rings is 1. The molecule has 0 saturated carbocycles. The summed E-state index contributed by atoms with van der Waals surface area (Å²) in [5.41, 5.74) is 2.57. The van der Waals surface area contributed by atoms with Crippen molar-refractivity contribution in [2.45, 2.75) is 6.54 Å². The van der Waals surface area contributed by atoms with E-state index >= 15 is 0 Å². The first-order valence-corrected chi connectivity index (χ1v) is 6.99. The number of pyridine rings is 1. The van der Waals surface area contributed by atoms with Crippen molar-refractivity contribution in [3.63, 3.8) is 0 Å². The Bertz CT molecular complexity index is 726. The molecule has 2 N–H and O–H groups in total. The number of carboxylic acids is 1. The Morgan fingerprint density at radius 1 is 1.04 bits per heavy atom. The van der Waals surface area contributed by atoms with Crippen molar-refractivity contribution in [2.24, 2.45) is 0 Å². The Labute approximate surface area is 146 Å². The van der Waals surface area contributed by atoms with E-state index in [0.717, 1.165) is 22.8 Å². The van der Waals surface area contributed by atoms with Crippen LogP contribution < -0.4 is 5.32 Å². The zero-order valence-electron chi connectivity index (χ0n) is 12.8. The summed E-state index contributed by atoms with van der Waals surface area (Å²) in [6, 6.07) is 10.9. The Morgan fingerprint density at radius 3 is 2.21 bits per heavy atom. The van der Waals surface area contributed by atoms with Crippen molar-refractivity contribution in [1.29, 1.82) is 0 Å². The number of carbonyl (C=O) groups is 2.